The van der Waals surface area contributed by atoms with Crippen LogP contribution in [0.15, 0.2) is 18.3 Å². The number of likely N-dealkylation sites (N-methyl/N-ethyl adjacent to an activating group) is 2. The fourth-order valence-corrected chi connectivity index (χ4v) is 1.38. The lowest BCUT2D eigenvalue weighted by atomic mass is 10.4. The largest absolute Gasteiger partial charge is 0.490 e. The standard InChI is InChI=1S/C12H21N3O/c1-4-10-16-11-6-5-7-14-12(11)15(3)9-8-13-2/h5-7,13H,4,8-10H2,1-3H3. The van der Waals surface area contributed by atoms with Crippen LogP contribution in [0.1, 0.15) is 13.3 Å². The summed E-state index contributed by atoms with van der Waals surface area (Å²) in [7, 11) is 3.97. The number of hydrogen-bond acceptors (Lipinski definition) is 4. The highest BCUT2D eigenvalue weighted by Gasteiger charge is 2.08. The molecule has 0 unspecified atom stereocenters. The molecule has 4 heteroatoms. The molecular weight excluding hydrogens is 202 g/mol. The first-order valence-electron chi connectivity index (χ1n) is 5.73. The van der Waals surface area contributed by atoms with Crippen LogP contribution in [0.4, 0.5) is 5.82 Å². The molecule has 16 heavy (non-hydrogen) atoms. The zero-order valence-electron chi connectivity index (χ0n) is 10.4. The summed E-state index contributed by atoms with van der Waals surface area (Å²) < 4.78 is 5.66. The molecule has 90 valence electrons. The number of hydrogen-bond donors (Lipinski definition) is 1. The first kappa shape index (κ1) is 12.8. The van der Waals surface area contributed by atoms with Crippen molar-refractivity contribution in [1.29, 1.82) is 0 Å². The highest BCUT2D eigenvalue weighted by Crippen LogP contribution is 2.23. The van der Waals surface area contributed by atoms with Gasteiger partial charge in [0.1, 0.15) is 0 Å². The summed E-state index contributed by atoms with van der Waals surface area (Å²) in [4.78, 5) is 6.46. The molecule has 0 aliphatic rings. The maximum Gasteiger partial charge on any atom is 0.171 e. The monoisotopic (exact) mass is 223 g/mol. The average Bonchev–Trinajstić information content (AvgIpc) is 2.33. The summed E-state index contributed by atoms with van der Waals surface area (Å²) in [5.74, 6) is 1.77. The molecule has 1 N–H and O–H groups in total. The molecule has 0 saturated heterocycles. The minimum Gasteiger partial charge on any atom is -0.490 e. The van der Waals surface area contributed by atoms with Crippen LogP contribution in [0.2, 0.25) is 0 Å². The van der Waals surface area contributed by atoms with Gasteiger partial charge in [0.2, 0.25) is 0 Å². The minimum atomic E-state index is 0.735. The van der Waals surface area contributed by atoms with Crippen molar-refractivity contribution in [3.05, 3.63) is 18.3 Å². The predicted molar refractivity (Wildman–Crippen MR) is 67.2 cm³/mol. The molecule has 1 aromatic rings. The van der Waals surface area contributed by atoms with E-state index in [1.165, 1.54) is 0 Å². The van der Waals surface area contributed by atoms with E-state index in [9.17, 15) is 0 Å². The Kier molecular flexibility index (Phi) is 5.64. The zero-order chi connectivity index (χ0) is 11.8. The molecule has 4 nitrogen and oxygen atoms in total. The Labute approximate surface area is 97.6 Å². The van der Waals surface area contributed by atoms with E-state index in [1.54, 1.807) is 6.20 Å². The average molecular weight is 223 g/mol. The van der Waals surface area contributed by atoms with Crippen LogP contribution in [0.3, 0.4) is 0 Å². The predicted octanol–water partition coefficient (Wildman–Crippen LogP) is 1.53. The molecule has 0 spiro atoms. The van der Waals surface area contributed by atoms with Crippen LogP contribution in [-0.2, 0) is 0 Å². The second kappa shape index (κ2) is 7.06. The first-order valence-corrected chi connectivity index (χ1v) is 5.73. The fourth-order valence-electron chi connectivity index (χ4n) is 1.38. The van der Waals surface area contributed by atoms with Crippen molar-refractivity contribution < 1.29 is 4.74 Å². The van der Waals surface area contributed by atoms with Crippen molar-refractivity contribution in [2.45, 2.75) is 13.3 Å². The van der Waals surface area contributed by atoms with E-state index < -0.39 is 0 Å². The molecular formula is C12H21N3O. The molecule has 0 atom stereocenters. The molecule has 0 aromatic carbocycles. The van der Waals surface area contributed by atoms with E-state index in [1.807, 2.05) is 26.2 Å². The Morgan fingerprint density at radius 3 is 3.00 bits per heavy atom. The second-order valence-corrected chi connectivity index (χ2v) is 3.70. The molecule has 0 aliphatic carbocycles. The van der Waals surface area contributed by atoms with Gasteiger partial charge in [-0.05, 0) is 25.6 Å². The van der Waals surface area contributed by atoms with Gasteiger partial charge in [-0.25, -0.2) is 4.98 Å². The lowest BCUT2D eigenvalue weighted by Crippen LogP contribution is -2.28. The van der Waals surface area contributed by atoms with Gasteiger partial charge in [0, 0.05) is 26.3 Å². The Bertz CT molecular complexity index is 304. The number of rotatable bonds is 7. The number of pyridine rings is 1. The van der Waals surface area contributed by atoms with Crippen molar-refractivity contribution in [3.63, 3.8) is 0 Å². The first-order chi connectivity index (χ1) is 7.79. The number of nitrogens with one attached hydrogen (secondary N) is 1. The Balaban J connectivity index is 2.68. The van der Waals surface area contributed by atoms with Gasteiger partial charge in [-0.2, -0.15) is 0 Å². The summed E-state index contributed by atoms with van der Waals surface area (Å²) in [6.45, 7) is 4.68. The van der Waals surface area contributed by atoms with Crippen molar-refractivity contribution in [3.8, 4) is 5.75 Å². The van der Waals surface area contributed by atoms with Gasteiger partial charge in [-0.15, -0.1) is 0 Å². The van der Waals surface area contributed by atoms with Crippen LogP contribution in [0, 0.1) is 0 Å². The maximum atomic E-state index is 5.66. The van der Waals surface area contributed by atoms with Crippen LogP contribution in [0.25, 0.3) is 0 Å². The van der Waals surface area contributed by atoms with Gasteiger partial charge in [0.15, 0.2) is 11.6 Å². The topological polar surface area (TPSA) is 37.4 Å². The molecule has 0 bridgehead atoms. The minimum absolute atomic E-state index is 0.735. The number of anilines is 1. The third-order valence-corrected chi connectivity index (χ3v) is 2.27. The quantitative estimate of drug-likeness (QED) is 0.760. The van der Waals surface area contributed by atoms with Crippen molar-refractivity contribution in [2.75, 3.05) is 38.7 Å². The molecule has 1 rings (SSSR count). The third kappa shape index (κ3) is 3.70. The van der Waals surface area contributed by atoms with Gasteiger partial charge in [-0.1, -0.05) is 6.92 Å². The molecule has 0 aliphatic heterocycles. The van der Waals surface area contributed by atoms with Gasteiger partial charge in [0.25, 0.3) is 0 Å². The van der Waals surface area contributed by atoms with Gasteiger partial charge < -0.3 is 15.0 Å². The molecule has 0 saturated carbocycles. The van der Waals surface area contributed by atoms with Gasteiger partial charge >= 0.3 is 0 Å². The van der Waals surface area contributed by atoms with Crippen LogP contribution in [-0.4, -0.2) is 38.8 Å². The molecule has 0 amide bonds. The fraction of sp³-hybridized carbons (Fsp3) is 0.583. The Morgan fingerprint density at radius 1 is 1.50 bits per heavy atom. The summed E-state index contributed by atoms with van der Waals surface area (Å²) >= 11 is 0. The normalized spacial score (nSPS) is 10.2. The number of aromatic nitrogens is 1. The summed E-state index contributed by atoms with van der Waals surface area (Å²) in [6.07, 6.45) is 2.80. The van der Waals surface area contributed by atoms with Crippen LogP contribution < -0.4 is 15.0 Å². The maximum absolute atomic E-state index is 5.66. The van der Waals surface area contributed by atoms with Crippen molar-refractivity contribution >= 4 is 5.82 Å². The summed E-state index contributed by atoms with van der Waals surface area (Å²) in [5.41, 5.74) is 0. The summed E-state index contributed by atoms with van der Waals surface area (Å²) in [5, 5.41) is 3.12. The lowest BCUT2D eigenvalue weighted by molar-refractivity contribution is 0.316. The van der Waals surface area contributed by atoms with Crippen molar-refractivity contribution in [2.24, 2.45) is 0 Å². The highest BCUT2D eigenvalue weighted by atomic mass is 16.5. The van der Waals surface area contributed by atoms with E-state index in [4.69, 9.17) is 4.74 Å². The van der Waals surface area contributed by atoms with Gasteiger partial charge in [0.05, 0.1) is 6.61 Å². The van der Waals surface area contributed by atoms with Gasteiger partial charge in [-0.3, -0.25) is 0 Å². The zero-order valence-corrected chi connectivity index (χ0v) is 10.4. The van der Waals surface area contributed by atoms with Crippen molar-refractivity contribution in [1.82, 2.24) is 10.3 Å². The molecule has 0 fully saturated rings. The Hall–Kier alpha value is -1.29. The number of ether oxygens (including phenoxy) is 1. The highest BCUT2D eigenvalue weighted by molar-refractivity contribution is 5.51. The van der Waals surface area contributed by atoms with E-state index >= 15 is 0 Å². The van der Waals surface area contributed by atoms with E-state index in [2.05, 4.69) is 22.1 Å². The van der Waals surface area contributed by atoms with Crippen LogP contribution in [0.5, 0.6) is 5.75 Å². The van der Waals surface area contributed by atoms with E-state index in [-0.39, 0.29) is 0 Å². The Morgan fingerprint density at radius 2 is 2.31 bits per heavy atom. The third-order valence-electron chi connectivity index (χ3n) is 2.27. The van der Waals surface area contributed by atoms with E-state index in [0.717, 1.165) is 37.7 Å². The SMILES string of the molecule is CCCOc1cccnc1N(C)CCNC. The van der Waals surface area contributed by atoms with Crippen LogP contribution >= 0.6 is 0 Å². The van der Waals surface area contributed by atoms with E-state index in [0.29, 0.717) is 0 Å². The number of nitrogens with zero attached hydrogens (tertiary/aromatic N) is 2. The molecule has 1 heterocycles. The molecule has 1 aromatic heterocycles. The second-order valence-electron chi connectivity index (χ2n) is 3.70. The summed E-state index contributed by atoms with van der Waals surface area (Å²) in [6, 6.07) is 3.87. The lowest BCUT2D eigenvalue weighted by Gasteiger charge is -2.20. The smallest absolute Gasteiger partial charge is 0.171 e. The molecule has 0 radical (unpaired) electrons.